The van der Waals surface area contributed by atoms with E-state index in [0.717, 1.165) is 17.8 Å². The van der Waals surface area contributed by atoms with Crippen molar-refractivity contribution in [2.24, 2.45) is 0 Å². The maximum Gasteiger partial charge on any atom is 0.246 e. The summed E-state index contributed by atoms with van der Waals surface area (Å²) in [6.07, 6.45) is 0. The van der Waals surface area contributed by atoms with E-state index in [2.05, 4.69) is 24.5 Å². The van der Waals surface area contributed by atoms with E-state index in [0.29, 0.717) is 5.92 Å². The zero-order valence-corrected chi connectivity index (χ0v) is 13.7. The fourth-order valence-electron chi connectivity index (χ4n) is 2.14. The van der Waals surface area contributed by atoms with Gasteiger partial charge in [0.2, 0.25) is 5.91 Å². The van der Waals surface area contributed by atoms with Crippen molar-refractivity contribution in [3.63, 3.8) is 0 Å². The maximum absolute atomic E-state index is 13.6. The van der Waals surface area contributed by atoms with Crippen LogP contribution in [0.3, 0.4) is 0 Å². The van der Waals surface area contributed by atoms with Gasteiger partial charge in [-0.05, 0) is 42.7 Å². The van der Waals surface area contributed by atoms with Gasteiger partial charge in [-0.15, -0.1) is 0 Å². The van der Waals surface area contributed by atoms with E-state index in [1.54, 1.807) is 6.92 Å². The van der Waals surface area contributed by atoms with Gasteiger partial charge in [0, 0.05) is 5.69 Å². The summed E-state index contributed by atoms with van der Waals surface area (Å²) < 4.78 is 39.7. The fraction of sp³-hybridized carbons (Fsp3) is 0.278. The highest BCUT2D eigenvalue weighted by Crippen LogP contribution is 2.21. The zero-order chi connectivity index (χ0) is 17.9. The van der Waals surface area contributed by atoms with E-state index in [1.807, 2.05) is 24.3 Å². The molecule has 24 heavy (non-hydrogen) atoms. The van der Waals surface area contributed by atoms with Gasteiger partial charge < -0.3 is 10.6 Å². The van der Waals surface area contributed by atoms with Gasteiger partial charge in [-0.25, -0.2) is 13.2 Å². The summed E-state index contributed by atoms with van der Waals surface area (Å²) in [6.45, 7) is 5.74. The Kier molecular flexibility index (Phi) is 5.49. The third-order valence-electron chi connectivity index (χ3n) is 3.65. The highest BCUT2D eigenvalue weighted by Gasteiger charge is 2.18. The molecule has 0 aliphatic carbocycles. The van der Waals surface area contributed by atoms with Gasteiger partial charge in [0.1, 0.15) is 6.04 Å². The summed E-state index contributed by atoms with van der Waals surface area (Å²) in [5, 5.41) is 5.22. The normalized spacial score (nSPS) is 12.1. The monoisotopic (exact) mass is 336 g/mol. The molecule has 0 bridgehead atoms. The van der Waals surface area contributed by atoms with Crippen LogP contribution in [0, 0.1) is 17.5 Å². The van der Waals surface area contributed by atoms with Gasteiger partial charge in [0.25, 0.3) is 0 Å². The van der Waals surface area contributed by atoms with Gasteiger partial charge in [-0.1, -0.05) is 26.0 Å². The smallest absolute Gasteiger partial charge is 0.246 e. The summed E-state index contributed by atoms with van der Waals surface area (Å²) in [6, 6.07) is 8.64. The SMILES string of the molecule is CC(C)c1ccc(N[C@H](C)C(=O)Nc2ccc(F)c(F)c2F)cc1. The highest BCUT2D eigenvalue weighted by molar-refractivity contribution is 5.96. The number of benzene rings is 2. The summed E-state index contributed by atoms with van der Waals surface area (Å²) in [5.41, 5.74) is 1.50. The molecule has 0 aromatic heterocycles. The molecule has 2 rings (SSSR count). The lowest BCUT2D eigenvalue weighted by Gasteiger charge is -2.16. The molecule has 0 unspecified atom stereocenters. The molecule has 1 atom stereocenters. The Bertz CT molecular complexity index is 730. The van der Waals surface area contributed by atoms with Gasteiger partial charge >= 0.3 is 0 Å². The molecule has 128 valence electrons. The number of amides is 1. The minimum atomic E-state index is -1.61. The average molecular weight is 336 g/mol. The Labute approximate surface area is 138 Å². The Morgan fingerprint density at radius 3 is 2.12 bits per heavy atom. The van der Waals surface area contributed by atoms with Crippen molar-refractivity contribution in [2.45, 2.75) is 32.7 Å². The minimum absolute atomic E-state index is 0.399. The second-order valence-electron chi connectivity index (χ2n) is 5.85. The summed E-state index contributed by atoms with van der Waals surface area (Å²) in [7, 11) is 0. The Morgan fingerprint density at radius 1 is 0.917 bits per heavy atom. The lowest BCUT2D eigenvalue weighted by atomic mass is 10.0. The molecule has 0 radical (unpaired) electrons. The van der Waals surface area contributed by atoms with Gasteiger partial charge in [-0.3, -0.25) is 4.79 Å². The highest BCUT2D eigenvalue weighted by atomic mass is 19.2. The molecule has 0 saturated carbocycles. The predicted octanol–water partition coefficient (Wildman–Crippen LogP) is 4.67. The number of anilines is 2. The molecule has 0 aliphatic rings. The van der Waals surface area contributed by atoms with Crippen molar-refractivity contribution in [3.8, 4) is 0 Å². The first-order chi connectivity index (χ1) is 11.3. The third-order valence-corrected chi connectivity index (χ3v) is 3.65. The van der Waals surface area contributed by atoms with Crippen LogP contribution < -0.4 is 10.6 Å². The molecule has 0 spiro atoms. The first kappa shape index (κ1) is 17.8. The number of hydrogen-bond acceptors (Lipinski definition) is 2. The van der Waals surface area contributed by atoms with E-state index in [-0.39, 0.29) is 0 Å². The van der Waals surface area contributed by atoms with E-state index >= 15 is 0 Å². The van der Waals surface area contributed by atoms with Crippen molar-refractivity contribution in [3.05, 3.63) is 59.4 Å². The predicted molar refractivity (Wildman–Crippen MR) is 88.6 cm³/mol. The number of carbonyl (C=O) groups excluding carboxylic acids is 1. The molecule has 2 aromatic carbocycles. The first-order valence-corrected chi connectivity index (χ1v) is 7.60. The van der Waals surface area contributed by atoms with E-state index in [4.69, 9.17) is 0 Å². The van der Waals surface area contributed by atoms with Crippen LogP contribution in [-0.4, -0.2) is 11.9 Å². The van der Waals surface area contributed by atoms with Crippen LogP contribution in [0.2, 0.25) is 0 Å². The Morgan fingerprint density at radius 2 is 1.54 bits per heavy atom. The molecule has 1 amide bonds. The Balaban J connectivity index is 2.03. The van der Waals surface area contributed by atoms with E-state index in [1.165, 1.54) is 5.56 Å². The molecular formula is C18H19F3N2O. The molecule has 2 N–H and O–H groups in total. The van der Waals surface area contributed by atoms with Crippen molar-refractivity contribution in [2.75, 3.05) is 10.6 Å². The molecule has 0 saturated heterocycles. The lowest BCUT2D eigenvalue weighted by Crippen LogP contribution is -2.32. The summed E-state index contributed by atoms with van der Waals surface area (Å²) >= 11 is 0. The lowest BCUT2D eigenvalue weighted by molar-refractivity contribution is -0.116. The van der Waals surface area contributed by atoms with Crippen LogP contribution >= 0.6 is 0 Å². The van der Waals surface area contributed by atoms with E-state index in [9.17, 15) is 18.0 Å². The molecule has 0 aliphatic heterocycles. The van der Waals surface area contributed by atoms with Crippen LogP contribution in [0.25, 0.3) is 0 Å². The van der Waals surface area contributed by atoms with Crippen LogP contribution in [-0.2, 0) is 4.79 Å². The minimum Gasteiger partial charge on any atom is -0.374 e. The molecule has 0 heterocycles. The quantitative estimate of drug-likeness (QED) is 0.779. The standard InChI is InChI=1S/C18H19F3N2O/c1-10(2)12-4-6-13(7-5-12)22-11(3)18(24)23-15-9-8-14(19)16(20)17(15)21/h4-11,22H,1-3H3,(H,23,24)/t11-/m1/s1. The van der Waals surface area contributed by atoms with Gasteiger partial charge in [0.05, 0.1) is 5.69 Å². The molecule has 3 nitrogen and oxygen atoms in total. The van der Waals surface area contributed by atoms with Gasteiger partial charge in [0.15, 0.2) is 17.5 Å². The number of nitrogens with one attached hydrogen (secondary N) is 2. The van der Waals surface area contributed by atoms with Crippen LogP contribution in [0.4, 0.5) is 24.5 Å². The molecule has 0 fully saturated rings. The second-order valence-corrected chi connectivity index (χ2v) is 5.85. The maximum atomic E-state index is 13.6. The molecule has 6 heteroatoms. The number of halogens is 3. The Hall–Kier alpha value is -2.50. The van der Waals surface area contributed by atoms with Crippen molar-refractivity contribution in [1.29, 1.82) is 0 Å². The largest absolute Gasteiger partial charge is 0.374 e. The molecule has 2 aromatic rings. The van der Waals surface area contributed by atoms with Crippen molar-refractivity contribution in [1.82, 2.24) is 0 Å². The van der Waals surface area contributed by atoms with E-state index < -0.39 is 35.1 Å². The second kappa shape index (κ2) is 7.38. The average Bonchev–Trinajstić information content (AvgIpc) is 2.55. The van der Waals surface area contributed by atoms with Crippen LogP contribution in [0.15, 0.2) is 36.4 Å². The van der Waals surface area contributed by atoms with Crippen molar-refractivity contribution < 1.29 is 18.0 Å². The topological polar surface area (TPSA) is 41.1 Å². The van der Waals surface area contributed by atoms with Crippen LogP contribution in [0.1, 0.15) is 32.3 Å². The molecular weight excluding hydrogens is 317 g/mol. The van der Waals surface area contributed by atoms with Crippen molar-refractivity contribution >= 4 is 17.3 Å². The summed E-state index contributed by atoms with van der Waals surface area (Å²) in [5.74, 6) is -4.50. The summed E-state index contributed by atoms with van der Waals surface area (Å²) in [4.78, 5) is 12.1. The fourth-order valence-corrected chi connectivity index (χ4v) is 2.14. The van der Waals surface area contributed by atoms with Gasteiger partial charge in [-0.2, -0.15) is 0 Å². The first-order valence-electron chi connectivity index (χ1n) is 7.60. The number of hydrogen-bond donors (Lipinski definition) is 2. The number of rotatable bonds is 5. The zero-order valence-electron chi connectivity index (χ0n) is 13.7. The van der Waals surface area contributed by atoms with Crippen LogP contribution in [0.5, 0.6) is 0 Å². The number of carbonyl (C=O) groups is 1. The third kappa shape index (κ3) is 4.07.